The molecule has 0 radical (unpaired) electrons. The second kappa shape index (κ2) is 6.77. The lowest BCUT2D eigenvalue weighted by molar-refractivity contribution is -0.140. The lowest BCUT2D eigenvalue weighted by Crippen LogP contribution is -2.37. The van der Waals surface area contributed by atoms with Crippen molar-refractivity contribution in [2.24, 2.45) is 5.41 Å². The standard InChI is InChI=1S/C16H26N2O2S/c1-16(2)9-7-13(8-10-16)18(3)15-17-12(11-21-15)5-6-14(19)20-4/h11,13H,5-10H2,1-4H3. The summed E-state index contributed by atoms with van der Waals surface area (Å²) < 4.78 is 4.67. The van der Waals surface area contributed by atoms with Crippen LogP contribution < -0.4 is 4.90 Å². The zero-order valence-electron chi connectivity index (χ0n) is 13.5. The van der Waals surface area contributed by atoms with Gasteiger partial charge in [0.15, 0.2) is 5.13 Å². The molecule has 0 atom stereocenters. The van der Waals surface area contributed by atoms with Gasteiger partial charge in [-0.2, -0.15) is 0 Å². The molecule has 4 nitrogen and oxygen atoms in total. The van der Waals surface area contributed by atoms with Gasteiger partial charge in [0.05, 0.1) is 19.2 Å². The van der Waals surface area contributed by atoms with E-state index in [-0.39, 0.29) is 5.97 Å². The van der Waals surface area contributed by atoms with Crippen molar-refractivity contribution in [1.82, 2.24) is 4.98 Å². The van der Waals surface area contributed by atoms with Crippen LogP contribution in [0.2, 0.25) is 0 Å². The van der Waals surface area contributed by atoms with Crippen LogP contribution in [0.15, 0.2) is 5.38 Å². The van der Waals surface area contributed by atoms with E-state index in [0.717, 1.165) is 10.8 Å². The molecule has 0 aromatic carbocycles. The summed E-state index contributed by atoms with van der Waals surface area (Å²) in [6.07, 6.45) is 6.10. The highest BCUT2D eigenvalue weighted by Crippen LogP contribution is 2.38. The number of anilines is 1. The Hall–Kier alpha value is -1.10. The van der Waals surface area contributed by atoms with Gasteiger partial charge in [-0.05, 0) is 31.1 Å². The minimum atomic E-state index is -0.174. The van der Waals surface area contributed by atoms with Gasteiger partial charge in [-0.25, -0.2) is 4.98 Å². The molecule has 1 fully saturated rings. The normalized spacial score (nSPS) is 18.5. The van der Waals surface area contributed by atoms with E-state index in [0.29, 0.717) is 24.3 Å². The second-order valence-electron chi connectivity index (χ2n) is 6.70. The fraction of sp³-hybridized carbons (Fsp3) is 0.750. The van der Waals surface area contributed by atoms with Gasteiger partial charge >= 0.3 is 5.97 Å². The molecule has 0 N–H and O–H groups in total. The Labute approximate surface area is 131 Å². The minimum absolute atomic E-state index is 0.174. The first-order valence-corrected chi connectivity index (χ1v) is 8.53. The Morgan fingerprint density at radius 2 is 2.14 bits per heavy atom. The SMILES string of the molecule is COC(=O)CCc1csc(N(C)C2CCC(C)(C)CC2)n1. The number of aromatic nitrogens is 1. The molecule has 1 aliphatic rings. The molecule has 0 bridgehead atoms. The van der Waals surface area contributed by atoms with Crippen molar-refractivity contribution in [3.8, 4) is 0 Å². The fourth-order valence-electron chi connectivity index (χ4n) is 2.83. The van der Waals surface area contributed by atoms with Crippen LogP contribution in [0.5, 0.6) is 0 Å². The number of hydrogen-bond acceptors (Lipinski definition) is 5. The average molecular weight is 310 g/mol. The second-order valence-corrected chi connectivity index (χ2v) is 7.54. The van der Waals surface area contributed by atoms with Crippen LogP contribution in [-0.2, 0) is 16.0 Å². The van der Waals surface area contributed by atoms with Crippen molar-refractivity contribution >= 4 is 22.4 Å². The Morgan fingerprint density at radius 3 is 2.76 bits per heavy atom. The smallest absolute Gasteiger partial charge is 0.305 e. The summed E-state index contributed by atoms with van der Waals surface area (Å²) in [6, 6.07) is 0.595. The fourth-order valence-corrected chi connectivity index (χ4v) is 3.73. The number of thiazole rings is 1. The number of rotatable bonds is 5. The van der Waals surface area contributed by atoms with Crippen LogP contribution in [0, 0.1) is 5.41 Å². The van der Waals surface area contributed by atoms with E-state index < -0.39 is 0 Å². The first kappa shape index (κ1) is 16.3. The lowest BCUT2D eigenvalue weighted by Gasteiger charge is -2.38. The van der Waals surface area contributed by atoms with Crippen molar-refractivity contribution < 1.29 is 9.53 Å². The van der Waals surface area contributed by atoms with Gasteiger partial charge in [0.1, 0.15) is 0 Å². The van der Waals surface area contributed by atoms with Gasteiger partial charge in [0.2, 0.25) is 0 Å². The van der Waals surface area contributed by atoms with E-state index in [4.69, 9.17) is 0 Å². The van der Waals surface area contributed by atoms with E-state index in [1.165, 1.54) is 32.8 Å². The zero-order chi connectivity index (χ0) is 15.5. The molecule has 2 rings (SSSR count). The quantitative estimate of drug-likeness (QED) is 0.779. The number of hydrogen-bond donors (Lipinski definition) is 0. The molecular formula is C16H26N2O2S. The predicted octanol–water partition coefficient (Wildman–Crippen LogP) is 3.65. The molecule has 0 aliphatic heterocycles. The van der Waals surface area contributed by atoms with Crippen LogP contribution in [0.3, 0.4) is 0 Å². The van der Waals surface area contributed by atoms with Gasteiger partial charge < -0.3 is 9.64 Å². The monoisotopic (exact) mass is 310 g/mol. The minimum Gasteiger partial charge on any atom is -0.469 e. The topological polar surface area (TPSA) is 42.4 Å². The van der Waals surface area contributed by atoms with Crippen molar-refractivity contribution in [3.63, 3.8) is 0 Å². The van der Waals surface area contributed by atoms with E-state index in [2.05, 4.69) is 40.9 Å². The Kier molecular flexibility index (Phi) is 5.25. The van der Waals surface area contributed by atoms with Crippen molar-refractivity contribution in [1.29, 1.82) is 0 Å². The predicted molar refractivity (Wildman–Crippen MR) is 86.9 cm³/mol. The van der Waals surface area contributed by atoms with Crippen LogP contribution in [0.1, 0.15) is 51.6 Å². The summed E-state index contributed by atoms with van der Waals surface area (Å²) in [5.74, 6) is -0.174. The lowest BCUT2D eigenvalue weighted by atomic mass is 9.75. The molecule has 1 heterocycles. The maximum atomic E-state index is 11.2. The van der Waals surface area contributed by atoms with E-state index >= 15 is 0 Å². The number of carbonyl (C=O) groups excluding carboxylic acids is 1. The molecule has 1 aliphatic carbocycles. The van der Waals surface area contributed by atoms with Crippen molar-refractivity contribution in [2.45, 2.75) is 58.4 Å². The molecule has 1 aromatic rings. The zero-order valence-corrected chi connectivity index (χ0v) is 14.3. The number of methoxy groups -OCH3 is 1. The third-order valence-electron chi connectivity index (χ3n) is 4.51. The summed E-state index contributed by atoms with van der Waals surface area (Å²) in [7, 11) is 3.57. The van der Waals surface area contributed by atoms with Gasteiger partial charge in [-0.1, -0.05) is 13.8 Å². The van der Waals surface area contributed by atoms with Crippen LogP contribution >= 0.6 is 11.3 Å². The third kappa shape index (κ3) is 4.43. The highest BCUT2D eigenvalue weighted by molar-refractivity contribution is 7.13. The summed E-state index contributed by atoms with van der Waals surface area (Å²) in [5, 5.41) is 3.13. The van der Waals surface area contributed by atoms with E-state index in [1.807, 2.05) is 0 Å². The number of aryl methyl sites for hydroxylation is 1. The molecule has 0 saturated heterocycles. The van der Waals surface area contributed by atoms with Crippen LogP contribution in [0.4, 0.5) is 5.13 Å². The molecule has 1 saturated carbocycles. The molecular weight excluding hydrogens is 284 g/mol. The number of ether oxygens (including phenoxy) is 1. The highest BCUT2D eigenvalue weighted by Gasteiger charge is 2.29. The molecule has 118 valence electrons. The van der Waals surface area contributed by atoms with Gasteiger partial charge in [-0.3, -0.25) is 4.79 Å². The number of nitrogens with zero attached hydrogens (tertiary/aromatic N) is 2. The van der Waals surface area contributed by atoms with Gasteiger partial charge in [0, 0.05) is 24.9 Å². The maximum absolute atomic E-state index is 11.2. The maximum Gasteiger partial charge on any atom is 0.305 e. The van der Waals surface area contributed by atoms with Crippen LogP contribution in [-0.4, -0.2) is 31.2 Å². The van der Waals surface area contributed by atoms with Gasteiger partial charge in [-0.15, -0.1) is 11.3 Å². The van der Waals surface area contributed by atoms with Gasteiger partial charge in [0.25, 0.3) is 0 Å². The summed E-state index contributed by atoms with van der Waals surface area (Å²) in [6.45, 7) is 4.72. The number of esters is 1. The summed E-state index contributed by atoms with van der Waals surface area (Å²) in [5.41, 5.74) is 1.48. The first-order valence-electron chi connectivity index (χ1n) is 7.65. The van der Waals surface area contributed by atoms with Crippen molar-refractivity contribution in [3.05, 3.63) is 11.1 Å². The molecule has 0 unspecified atom stereocenters. The molecule has 21 heavy (non-hydrogen) atoms. The molecule has 0 amide bonds. The molecule has 1 aromatic heterocycles. The summed E-state index contributed by atoms with van der Waals surface area (Å²) in [4.78, 5) is 18.2. The van der Waals surface area contributed by atoms with Crippen molar-refractivity contribution in [2.75, 3.05) is 19.1 Å². The Balaban J connectivity index is 1.90. The molecule has 0 spiro atoms. The highest BCUT2D eigenvalue weighted by atomic mass is 32.1. The van der Waals surface area contributed by atoms with Crippen LogP contribution in [0.25, 0.3) is 0 Å². The third-order valence-corrected chi connectivity index (χ3v) is 5.49. The number of carbonyl (C=O) groups is 1. The van der Waals surface area contributed by atoms with E-state index in [9.17, 15) is 4.79 Å². The first-order chi connectivity index (χ1) is 9.91. The Bertz CT molecular complexity index is 474. The molecule has 5 heteroatoms. The van der Waals surface area contributed by atoms with E-state index in [1.54, 1.807) is 11.3 Å². The largest absolute Gasteiger partial charge is 0.469 e. The summed E-state index contributed by atoms with van der Waals surface area (Å²) >= 11 is 1.67. The average Bonchev–Trinajstić information content (AvgIpc) is 2.93. The Morgan fingerprint density at radius 1 is 1.48 bits per heavy atom.